The van der Waals surface area contributed by atoms with Crippen LogP contribution < -0.4 is 0 Å². The van der Waals surface area contributed by atoms with Crippen LogP contribution in [0.1, 0.15) is 18.1 Å². The standard InChI is InChI=1S/2C7H7.C6H5.C4H4F6O3S.Ru/c2*1-7-5-3-2-4-6-7;1-2-4-6-5-3-1;1-2(5,6)3(7,8)4(9,10)14(11,12)13;/h2*3-6H,1H3;1-5H;1H3,(H,11,12,13);/q3*-1;;+4/p-1. The molecule has 0 spiro atoms. The van der Waals surface area contributed by atoms with Gasteiger partial charge in [-0.15, -0.1) is 0 Å². The fraction of sp³-hybridized carbons (Fsp3) is 0.250. The minimum atomic E-state index is -6.86. The fourth-order valence-electron chi connectivity index (χ4n) is 1.69. The summed E-state index contributed by atoms with van der Waals surface area (Å²) in [6.07, 6.45) is 0. The van der Waals surface area contributed by atoms with Gasteiger partial charge in [0.05, 0.1) is 0 Å². The Hall–Kier alpha value is -2.23. The molecule has 0 N–H and O–H groups in total. The molecule has 3 rings (SSSR count). The molecule has 35 heavy (non-hydrogen) atoms. The Morgan fingerprint density at radius 3 is 1.11 bits per heavy atom. The fourth-order valence-corrected chi connectivity index (χ4v) is 2.19. The summed E-state index contributed by atoms with van der Waals surface area (Å²) in [5, 5.41) is -6.35. The molecular weight excluding hydrogens is 583 g/mol. The molecule has 0 heterocycles. The maximum atomic E-state index is 12.1. The van der Waals surface area contributed by atoms with Gasteiger partial charge in [-0.25, -0.2) is 8.42 Å². The number of rotatable bonds is 3. The quantitative estimate of drug-likeness (QED) is 0.149. The van der Waals surface area contributed by atoms with Gasteiger partial charge >= 0.3 is 36.6 Å². The molecule has 0 fully saturated rings. The average Bonchev–Trinajstić information content (AvgIpc) is 2.76. The van der Waals surface area contributed by atoms with Crippen molar-refractivity contribution in [2.75, 3.05) is 0 Å². The first-order chi connectivity index (χ1) is 15.5. The largest absolute Gasteiger partial charge is 4.00 e. The molecule has 0 radical (unpaired) electrons. The van der Waals surface area contributed by atoms with Crippen molar-refractivity contribution < 1.29 is 58.8 Å². The van der Waals surface area contributed by atoms with Crippen molar-refractivity contribution in [1.82, 2.24) is 0 Å². The zero-order valence-corrected chi connectivity index (χ0v) is 21.3. The normalized spacial score (nSPS) is 11.1. The van der Waals surface area contributed by atoms with Gasteiger partial charge in [0.15, 0.2) is 10.1 Å². The van der Waals surface area contributed by atoms with Gasteiger partial charge in [-0.1, -0.05) is 13.8 Å². The van der Waals surface area contributed by atoms with Crippen molar-refractivity contribution in [2.45, 2.75) is 37.9 Å². The summed E-state index contributed by atoms with van der Waals surface area (Å²) in [5.74, 6) is -11.6. The first-order valence-electron chi connectivity index (χ1n) is 9.39. The second-order valence-corrected chi connectivity index (χ2v) is 8.09. The van der Waals surface area contributed by atoms with E-state index in [4.69, 9.17) is 0 Å². The molecular formula is C24H22F6O3RuS. The maximum Gasteiger partial charge on any atom is 4.00 e. The molecule has 0 aromatic heterocycles. The molecule has 0 saturated carbocycles. The van der Waals surface area contributed by atoms with Crippen molar-refractivity contribution in [2.24, 2.45) is 0 Å². The Morgan fingerprint density at radius 2 is 1.00 bits per heavy atom. The molecule has 0 amide bonds. The van der Waals surface area contributed by atoms with E-state index in [1.807, 2.05) is 78.9 Å². The van der Waals surface area contributed by atoms with Crippen LogP contribution in [-0.4, -0.2) is 30.1 Å². The molecule has 0 unspecified atom stereocenters. The van der Waals surface area contributed by atoms with Crippen LogP contribution in [-0.2, 0) is 29.6 Å². The summed E-state index contributed by atoms with van der Waals surface area (Å²) in [4.78, 5) is 0. The Labute approximate surface area is 214 Å². The Bertz CT molecular complexity index is 967. The predicted octanol–water partition coefficient (Wildman–Crippen LogP) is 6.49. The monoisotopic (exact) mass is 606 g/mol. The SMILES string of the molecule is CC(F)(F)C(F)(F)C(F)(F)S(=O)(=O)[O-].Cc1cc[c-]cc1.Cc1cc[c-]cc1.[Ru+4].[c-]1ccccc1. The van der Waals surface area contributed by atoms with Crippen LogP contribution in [0.3, 0.4) is 0 Å². The third-order valence-electron chi connectivity index (χ3n) is 3.61. The molecule has 0 aliphatic carbocycles. The summed E-state index contributed by atoms with van der Waals surface area (Å²) in [6, 6.07) is 34.1. The molecule has 3 aromatic rings. The van der Waals surface area contributed by atoms with Gasteiger partial charge in [-0.2, -0.15) is 135 Å². The minimum absolute atomic E-state index is 0. The van der Waals surface area contributed by atoms with Gasteiger partial charge in [0, 0.05) is 6.92 Å². The summed E-state index contributed by atoms with van der Waals surface area (Å²) in [5.41, 5.74) is 2.58. The van der Waals surface area contributed by atoms with E-state index in [1.54, 1.807) is 0 Å². The van der Waals surface area contributed by atoms with E-state index in [9.17, 15) is 39.3 Å². The van der Waals surface area contributed by atoms with E-state index in [0.29, 0.717) is 0 Å². The second kappa shape index (κ2) is 15.7. The molecule has 0 bridgehead atoms. The third kappa shape index (κ3) is 12.9. The Kier molecular flexibility index (Phi) is 15.7. The van der Waals surface area contributed by atoms with E-state index in [1.165, 1.54) is 11.1 Å². The number of benzene rings is 3. The van der Waals surface area contributed by atoms with Crippen LogP contribution in [0.2, 0.25) is 0 Å². The number of halogens is 6. The van der Waals surface area contributed by atoms with E-state index in [0.717, 1.165) is 0 Å². The third-order valence-corrected chi connectivity index (χ3v) is 4.49. The summed E-state index contributed by atoms with van der Waals surface area (Å²) >= 11 is 0. The van der Waals surface area contributed by atoms with Crippen LogP contribution in [0, 0.1) is 32.0 Å². The zero-order chi connectivity index (χ0) is 26.5. The van der Waals surface area contributed by atoms with Crippen molar-refractivity contribution >= 4 is 10.1 Å². The number of hydrogen-bond acceptors (Lipinski definition) is 3. The Morgan fingerprint density at radius 1 is 0.686 bits per heavy atom. The molecule has 0 aliphatic heterocycles. The second-order valence-electron chi connectivity index (χ2n) is 6.67. The van der Waals surface area contributed by atoms with Gasteiger partial charge in [-0.05, 0) is 0 Å². The summed E-state index contributed by atoms with van der Waals surface area (Å²) < 4.78 is 101. The smallest absolute Gasteiger partial charge is 0.743 e. The number of alkyl halides is 6. The number of aryl methyl sites for hydroxylation is 2. The molecule has 11 heteroatoms. The van der Waals surface area contributed by atoms with E-state index >= 15 is 0 Å². The van der Waals surface area contributed by atoms with Crippen LogP contribution in [0.4, 0.5) is 26.3 Å². The topological polar surface area (TPSA) is 57.2 Å². The first-order valence-corrected chi connectivity index (χ1v) is 10.8. The van der Waals surface area contributed by atoms with Crippen LogP contribution in [0.5, 0.6) is 0 Å². The van der Waals surface area contributed by atoms with Crippen LogP contribution in [0.15, 0.2) is 78.9 Å². The average molecular weight is 606 g/mol. The van der Waals surface area contributed by atoms with Crippen LogP contribution >= 0.6 is 0 Å². The molecule has 0 aliphatic rings. The number of hydrogen-bond donors (Lipinski definition) is 0. The van der Waals surface area contributed by atoms with Crippen molar-refractivity contribution in [3.63, 3.8) is 0 Å². The molecule has 192 valence electrons. The van der Waals surface area contributed by atoms with Crippen molar-refractivity contribution in [3.8, 4) is 0 Å². The molecule has 0 saturated heterocycles. The van der Waals surface area contributed by atoms with Gasteiger partial charge in [-0.3, -0.25) is 0 Å². The van der Waals surface area contributed by atoms with Gasteiger partial charge in [0.25, 0.3) is 0 Å². The Balaban J connectivity index is 0. The maximum absolute atomic E-state index is 12.1. The molecule has 0 atom stereocenters. The van der Waals surface area contributed by atoms with Crippen LogP contribution in [0.25, 0.3) is 0 Å². The summed E-state index contributed by atoms with van der Waals surface area (Å²) in [6.45, 7) is 3.51. The van der Waals surface area contributed by atoms with E-state index < -0.39 is 34.1 Å². The molecule has 3 aromatic carbocycles. The van der Waals surface area contributed by atoms with E-state index in [2.05, 4.69) is 32.0 Å². The van der Waals surface area contributed by atoms with Gasteiger partial charge in [0.2, 0.25) is 0 Å². The van der Waals surface area contributed by atoms with Gasteiger partial charge < -0.3 is 4.55 Å². The summed E-state index contributed by atoms with van der Waals surface area (Å²) in [7, 11) is -6.86. The van der Waals surface area contributed by atoms with Crippen molar-refractivity contribution in [3.05, 3.63) is 108 Å². The molecule has 3 nitrogen and oxygen atoms in total. The zero-order valence-electron chi connectivity index (χ0n) is 18.8. The van der Waals surface area contributed by atoms with E-state index in [-0.39, 0.29) is 19.5 Å². The first kappa shape index (κ1) is 34.9. The van der Waals surface area contributed by atoms with Crippen molar-refractivity contribution in [1.29, 1.82) is 0 Å². The van der Waals surface area contributed by atoms with Gasteiger partial charge in [0.1, 0.15) is 0 Å². The predicted molar refractivity (Wildman–Crippen MR) is 116 cm³/mol. The minimum Gasteiger partial charge on any atom is -0.743 e.